The van der Waals surface area contributed by atoms with Crippen molar-refractivity contribution in [3.05, 3.63) is 24.5 Å². The molecule has 1 aromatic carbocycles. The van der Waals surface area contributed by atoms with Crippen LogP contribution in [0, 0.1) is 5.92 Å². The van der Waals surface area contributed by atoms with E-state index in [1.165, 1.54) is 12.8 Å². The number of rotatable bonds is 4. The quantitative estimate of drug-likeness (QED) is 0.855. The first-order valence-electron chi connectivity index (χ1n) is 6.92. The molecule has 4 nitrogen and oxygen atoms in total. The Balaban J connectivity index is 2.06. The first-order valence-corrected chi connectivity index (χ1v) is 6.92. The lowest BCUT2D eigenvalue weighted by Gasteiger charge is -2.28. The van der Waals surface area contributed by atoms with Crippen LogP contribution in [0.25, 0.3) is 10.9 Å². The predicted molar refractivity (Wildman–Crippen MR) is 79.2 cm³/mol. The molecule has 1 aromatic heterocycles. The van der Waals surface area contributed by atoms with Crippen molar-refractivity contribution in [2.24, 2.45) is 5.92 Å². The minimum atomic E-state index is 0.441. The van der Waals surface area contributed by atoms with Crippen LogP contribution in [0.2, 0.25) is 0 Å². The number of nitrogens with zero attached hydrogens (tertiary/aromatic N) is 3. The average Bonchev–Trinajstić information content (AvgIpc) is 3.18. The molecule has 0 radical (unpaired) electrons. The van der Waals surface area contributed by atoms with Gasteiger partial charge in [-0.2, -0.15) is 0 Å². The van der Waals surface area contributed by atoms with Gasteiger partial charge in [-0.3, -0.25) is 0 Å². The number of nitrogen functional groups attached to an aromatic ring is 1. The van der Waals surface area contributed by atoms with E-state index in [0.717, 1.165) is 34.9 Å². The second kappa shape index (κ2) is 4.68. The van der Waals surface area contributed by atoms with Crippen LogP contribution >= 0.6 is 0 Å². The van der Waals surface area contributed by atoms with Crippen molar-refractivity contribution >= 4 is 22.4 Å². The summed E-state index contributed by atoms with van der Waals surface area (Å²) in [5.74, 6) is 1.87. The fraction of sp³-hybridized carbons (Fsp3) is 0.467. The monoisotopic (exact) mass is 256 g/mol. The lowest BCUT2D eigenvalue weighted by atomic mass is 10.1. The summed E-state index contributed by atoms with van der Waals surface area (Å²) < 4.78 is 0. The first kappa shape index (κ1) is 12.2. The largest absolute Gasteiger partial charge is 0.399 e. The normalized spacial score (nSPS) is 15.1. The van der Waals surface area contributed by atoms with E-state index in [1.54, 1.807) is 6.33 Å². The van der Waals surface area contributed by atoms with Gasteiger partial charge in [-0.25, -0.2) is 9.97 Å². The number of aromatic nitrogens is 2. The fourth-order valence-electron chi connectivity index (χ4n) is 2.41. The van der Waals surface area contributed by atoms with E-state index in [1.807, 2.05) is 18.2 Å². The van der Waals surface area contributed by atoms with Crippen molar-refractivity contribution in [3.8, 4) is 0 Å². The standard InChI is InChI=1S/C15H20N4/c1-10(2)19(8-11-3-4-11)15-13-6-5-12(16)7-14(13)17-9-18-15/h5-7,9-11H,3-4,8,16H2,1-2H3. The summed E-state index contributed by atoms with van der Waals surface area (Å²) in [7, 11) is 0. The third kappa shape index (κ3) is 2.48. The molecule has 19 heavy (non-hydrogen) atoms. The van der Waals surface area contributed by atoms with E-state index in [-0.39, 0.29) is 0 Å². The Morgan fingerprint density at radius 2 is 2.11 bits per heavy atom. The van der Waals surface area contributed by atoms with E-state index in [9.17, 15) is 0 Å². The molecule has 1 heterocycles. The van der Waals surface area contributed by atoms with E-state index in [2.05, 4.69) is 28.7 Å². The van der Waals surface area contributed by atoms with Crippen molar-refractivity contribution < 1.29 is 0 Å². The molecule has 1 aliphatic rings. The van der Waals surface area contributed by atoms with E-state index in [4.69, 9.17) is 5.73 Å². The molecule has 1 fully saturated rings. The molecular formula is C15H20N4. The maximum absolute atomic E-state index is 5.83. The highest BCUT2D eigenvalue weighted by Gasteiger charge is 2.27. The number of hydrogen-bond acceptors (Lipinski definition) is 4. The summed E-state index contributed by atoms with van der Waals surface area (Å²) >= 11 is 0. The van der Waals surface area contributed by atoms with Gasteiger partial charge < -0.3 is 10.6 Å². The third-order valence-corrected chi connectivity index (χ3v) is 3.69. The molecule has 0 bridgehead atoms. The molecule has 4 heteroatoms. The van der Waals surface area contributed by atoms with Gasteiger partial charge in [-0.1, -0.05) is 0 Å². The van der Waals surface area contributed by atoms with Crippen LogP contribution in [-0.4, -0.2) is 22.6 Å². The van der Waals surface area contributed by atoms with Crippen molar-refractivity contribution in [1.82, 2.24) is 9.97 Å². The molecule has 2 N–H and O–H groups in total. The minimum absolute atomic E-state index is 0.441. The van der Waals surface area contributed by atoms with Crippen molar-refractivity contribution in [1.29, 1.82) is 0 Å². The molecule has 1 saturated carbocycles. The molecule has 100 valence electrons. The molecule has 0 spiro atoms. The van der Waals surface area contributed by atoms with E-state index < -0.39 is 0 Å². The Hall–Kier alpha value is -1.84. The Bertz CT molecular complexity index is 590. The van der Waals surface area contributed by atoms with Crippen LogP contribution < -0.4 is 10.6 Å². The number of hydrogen-bond donors (Lipinski definition) is 1. The zero-order chi connectivity index (χ0) is 13.4. The number of benzene rings is 1. The van der Waals surface area contributed by atoms with Crippen LogP contribution in [0.3, 0.4) is 0 Å². The molecular weight excluding hydrogens is 236 g/mol. The van der Waals surface area contributed by atoms with Crippen LogP contribution in [0.5, 0.6) is 0 Å². The zero-order valence-corrected chi connectivity index (χ0v) is 11.5. The highest BCUT2D eigenvalue weighted by atomic mass is 15.2. The van der Waals surface area contributed by atoms with Crippen LogP contribution in [-0.2, 0) is 0 Å². The van der Waals surface area contributed by atoms with Gasteiger partial charge in [0.15, 0.2) is 0 Å². The Kier molecular flexibility index (Phi) is 3.01. The summed E-state index contributed by atoms with van der Waals surface area (Å²) in [5.41, 5.74) is 7.49. The van der Waals surface area contributed by atoms with Crippen LogP contribution in [0.4, 0.5) is 11.5 Å². The van der Waals surface area contributed by atoms with Crippen molar-refractivity contribution in [3.63, 3.8) is 0 Å². The molecule has 0 atom stereocenters. The van der Waals surface area contributed by atoms with Crippen LogP contribution in [0.15, 0.2) is 24.5 Å². The summed E-state index contributed by atoms with van der Waals surface area (Å²) in [6.07, 6.45) is 4.33. The van der Waals surface area contributed by atoms with Gasteiger partial charge in [-0.15, -0.1) is 0 Å². The molecule has 0 unspecified atom stereocenters. The summed E-state index contributed by atoms with van der Waals surface area (Å²) in [5, 5.41) is 1.09. The smallest absolute Gasteiger partial charge is 0.140 e. The second-order valence-corrected chi connectivity index (χ2v) is 5.66. The van der Waals surface area contributed by atoms with Gasteiger partial charge in [0, 0.05) is 23.7 Å². The van der Waals surface area contributed by atoms with E-state index in [0.29, 0.717) is 6.04 Å². The lowest BCUT2D eigenvalue weighted by molar-refractivity contribution is 0.638. The lowest BCUT2D eigenvalue weighted by Crippen LogP contribution is -2.33. The third-order valence-electron chi connectivity index (χ3n) is 3.69. The number of fused-ring (bicyclic) bond motifs is 1. The summed E-state index contributed by atoms with van der Waals surface area (Å²) in [6, 6.07) is 6.31. The van der Waals surface area contributed by atoms with Crippen molar-refractivity contribution in [2.75, 3.05) is 17.2 Å². The fourth-order valence-corrected chi connectivity index (χ4v) is 2.41. The number of anilines is 2. The highest BCUT2D eigenvalue weighted by Crippen LogP contribution is 2.33. The van der Waals surface area contributed by atoms with Gasteiger partial charge in [0.1, 0.15) is 12.1 Å². The van der Waals surface area contributed by atoms with Gasteiger partial charge in [0.05, 0.1) is 5.52 Å². The summed E-state index contributed by atoms with van der Waals surface area (Å²) in [4.78, 5) is 11.2. The Morgan fingerprint density at radius 1 is 1.32 bits per heavy atom. The zero-order valence-electron chi connectivity index (χ0n) is 11.5. The number of nitrogens with two attached hydrogens (primary N) is 1. The topological polar surface area (TPSA) is 55.0 Å². The molecule has 0 aliphatic heterocycles. The molecule has 1 aliphatic carbocycles. The van der Waals surface area contributed by atoms with Gasteiger partial charge in [-0.05, 0) is 50.8 Å². The SMILES string of the molecule is CC(C)N(CC1CC1)c1ncnc2cc(N)ccc12. The van der Waals surface area contributed by atoms with Gasteiger partial charge in [0.25, 0.3) is 0 Å². The molecule has 3 rings (SSSR count). The van der Waals surface area contributed by atoms with Crippen LogP contribution in [0.1, 0.15) is 26.7 Å². The summed E-state index contributed by atoms with van der Waals surface area (Å²) in [6.45, 7) is 5.52. The predicted octanol–water partition coefficient (Wildman–Crippen LogP) is 2.84. The Morgan fingerprint density at radius 3 is 2.79 bits per heavy atom. The van der Waals surface area contributed by atoms with Gasteiger partial charge >= 0.3 is 0 Å². The van der Waals surface area contributed by atoms with E-state index >= 15 is 0 Å². The van der Waals surface area contributed by atoms with Gasteiger partial charge in [0.2, 0.25) is 0 Å². The highest BCUT2D eigenvalue weighted by molar-refractivity contribution is 5.91. The minimum Gasteiger partial charge on any atom is -0.399 e. The first-order chi connectivity index (χ1) is 9.15. The molecule has 0 saturated heterocycles. The molecule has 2 aromatic rings. The van der Waals surface area contributed by atoms with Crippen molar-refractivity contribution in [2.45, 2.75) is 32.7 Å². The average molecular weight is 256 g/mol. The molecule has 0 amide bonds. The second-order valence-electron chi connectivity index (χ2n) is 5.66. The Labute approximate surface area is 113 Å². The maximum atomic E-state index is 5.83. The maximum Gasteiger partial charge on any atom is 0.140 e.